The number of carbonyl (C=O) groups is 3. The van der Waals surface area contributed by atoms with E-state index in [1.54, 1.807) is 13.8 Å². The van der Waals surface area contributed by atoms with E-state index in [0.717, 1.165) is 0 Å². The second kappa shape index (κ2) is 17.0. The van der Waals surface area contributed by atoms with Gasteiger partial charge in [-0.05, 0) is 26.0 Å². The highest BCUT2D eigenvalue weighted by Gasteiger charge is 2.27. The molecule has 0 aromatic carbocycles. The summed E-state index contributed by atoms with van der Waals surface area (Å²) in [5.41, 5.74) is -0.569. The number of aliphatic carboxylic acids is 3. The fourth-order valence-corrected chi connectivity index (χ4v) is 1.59. The first-order valence-corrected chi connectivity index (χ1v) is 8.48. The highest BCUT2D eigenvalue weighted by molar-refractivity contribution is 5.69. The molecule has 1 unspecified atom stereocenters. The van der Waals surface area contributed by atoms with Crippen molar-refractivity contribution in [1.29, 1.82) is 0 Å². The molecule has 0 aromatic rings. The summed E-state index contributed by atoms with van der Waals surface area (Å²) in [6.45, 7) is 6.13. The van der Waals surface area contributed by atoms with Gasteiger partial charge in [-0.15, -0.1) is 0 Å². The summed E-state index contributed by atoms with van der Waals surface area (Å²) < 4.78 is 0. The van der Waals surface area contributed by atoms with Crippen molar-refractivity contribution in [2.24, 2.45) is 5.92 Å². The smallest absolute Gasteiger partial charge is 0.314 e. The van der Waals surface area contributed by atoms with Crippen LogP contribution < -0.4 is 0 Å². The third-order valence-electron chi connectivity index (χ3n) is 3.22. The van der Waals surface area contributed by atoms with Gasteiger partial charge in [0.15, 0.2) is 0 Å². The Hall–Kier alpha value is -3.91. The van der Waals surface area contributed by atoms with Crippen molar-refractivity contribution in [3.8, 4) is 0 Å². The minimum Gasteiger partial charge on any atom is -0.481 e. The van der Waals surface area contributed by atoms with Gasteiger partial charge in [-0.1, -0.05) is 13.8 Å². The normalized spacial score (nSPS) is 11.8. The summed E-state index contributed by atoms with van der Waals surface area (Å²) in [4.78, 5) is 58.1. The number of nitro groups is 3. The fourth-order valence-electron chi connectivity index (χ4n) is 1.59. The van der Waals surface area contributed by atoms with Crippen molar-refractivity contribution in [2.45, 2.75) is 53.0 Å². The second-order valence-electron chi connectivity index (χ2n) is 5.91. The molecule has 0 fully saturated rings. The van der Waals surface area contributed by atoms with E-state index in [-0.39, 0.29) is 17.3 Å². The van der Waals surface area contributed by atoms with Gasteiger partial charge in [-0.25, -0.2) is 0 Å². The summed E-state index contributed by atoms with van der Waals surface area (Å²) in [6, 6.07) is -0.965. The van der Waals surface area contributed by atoms with Gasteiger partial charge in [0.05, 0.1) is 9.85 Å². The molecule has 0 spiro atoms. The van der Waals surface area contributed by atoms with Gasteiger partial charge in [0.25, 0.3) is 11.4 Å². The predicted molar refractivity (Wildman–Crippen MR) is 104 cm³/mol. The van der Waals surface area contributed by atoms with Crippen LogP contribution in [0.4, 0.5) is 0 Å². The van der Waals surface area contributed by atoms with Crippen molar-refractivity contribution >= 4 is 17.9 Å². The monoisotopic (exact) mass is 451 g/mol. The van der Waals surface area contributed by atoms with Gasteiger partial charge < -0.3 is 15.3 Å². The number of rotatable bonds is 10. The molecule has 0 aliphatic rings. The number of hydrogen-bond donors (Lipinski definition) is 3. The molecule has 176 valence electrons. The predicted octanol–water partition coefficient (Wildman–Crippen LogP) is 2.05. The summed E-state index contributed by atoms with van der Waals surface area (Å²) in [5.74, 6) is -3.74. The van der Waals surface area contributed by atoms with Crippen LogP contribution in [0.5, 0.6) is 0 Å². The molecule has 0 saturated heterocycles. The molecule has 0 aliphatic carbocycles. The van der Waals surface area contributed by atoms with E-state index in [4.69, 9.17) is 15.3 Å². The molecular weight excluding hydrogens is 426 g/mol. The first-order chi connectivity index (χ1) is 14.1. The Morgan fingerprint density at radius 3 is 1.16 bits per heavy atom. The van der Waals surface area contributed by atoms with Gasteiger partial charge in [-0.3, -0.25) is 44.7 Å². The number of hydrogen-bond acceptors (Lipinski definition) is 9. The van der Waals surface area contributed by atoms with E-state index in [9.17, 15) is 44.7 Å². The zero-order valence-corrected chi connectivity index (χ0v) is 17.3. The van der Waals surface area contributed by atoms with Crippen molar-refractivity contribution in [3.63, 3.8) is 0 Å². The summed E-state index contributed by atoms with van der Waals surface area (Å²) in [5, 5.41) is 54.6. The molecular formula is C16H25N3O12. The second-order valence-corrected chi connectivity index (χ2v) is 5.91. The van der Waals surface area contributed by atoms with Crippen LogP contribution in [-0.4, -0.2) is 54.0 Å². The van der Waals surface area contributed by atoms with Crippen LogP contribution in [-0.2, 0) is 14.4 Å². The third kappa shape index (κ3) is 19.2. The molecule has 0 aromatic heterocycles. The fraction of sp³-hybridized carbons (Fsp3) is 0.562. The van der Waals surface area contributed by atoms with Crippen LogP contribution in [0.15, 0.2) is 23.5 Å². The van der Waals surface area contributed by atoms with E-state index in [1.807, 2.05) is 0 Å². The van der Waals surface area contributed by atoms with Crippen LogP contribution in [0, 0.1) is 36.3 Å². The molecule has 1 atom stereocenters. The minimum atomic E-state index is -1.19. The Morgan fingerprint density at radius 1 is 0.774 bits per heavy atom. The summed E-state index contributed by atoms with van der Waals surface area (Å²) >= 11 is 0. The first-order valence-electron chi connectivity index (χ1n) is 8.48. The zero-order valence-electron chi connectivity index (χ0n) is 17.3. The van der Waals surface area contributed by atoms with Gasteiger partial charge in [0.2, 0.25) is 6.04 Å². The minimum absolute atomic E-state index is 0.235. The Morgan fingerprint density at radius 2 is 1.10 bits per heavy atom. The topological polar surface area (TPSA) is 241 Å². The maximum absolute atomic E-state index is 10.2. The largest absolute Gasteiger partial charge is 0.481 e. The molecule has 0 amide bonds. The van der Waals surface area contributed by atoms with E-state index < -0.39 is 58.0 Å². The van der Waals surface area contributed by atoms with E-state index in [0.29, 0.717) is 0 Å². The highest BCUT2D eigenvalue weighted by Crippen LogP contribution is 2.09. The maximum atomic E-state index is 10.2. The lowest BCUT2D eigenvalue weighted by atomic mass is 10.0. The Balaban J connectivity index is -0.000000380. The lowest BCUT2D eigenvalue weighted by Crippen LogP contribution is -2.28. The van der Waals surface area contributed by atoms with Gasteiger partial charge >= 0.3 is 17.9 Å². The summed E-state index contributed by atoms with van der Waals surface area (Å²) in [7, 11) is 0. The maximum Gasteiger partial charge on any atom is 0.314 e. The van der Waals surface area contributed by atoms with Crippen LogP contribution in [0.1, 0.15) is 47.0 Å². The molecule has 15 heteroatoms. The third-order valence-corrected chi connectivity index (χ3v) is 3.22. The Bertz CT molecular complexity index is 685. The van der Waals surface area contributed by atoms with Crippen LogP contribution in [0.3, 0.4) is 0 Å². The van der Waals surface area contributed by atoms with Crippen molar-refractivity contribution in [1.82, 2.24) is 0 Å². The zero-order chi connectivity index (χ0) is 25.3. The number of carboxylic acids is 3. The van der Waals surface area contributed by atoms with Gasteiger partial charge in [0, 0.05) is 10.8 Å². The molecule has 0 aliphatic heterocycles. The van der Waals surface area contributed by atoms with Crippen molar-refractivity contribution in [2.75, 3.05) is 0 Å². The standard InChI is InChI=1S/C6H11NO4.2C5H7NO4/c1-4(2)5(7(10)11)3-6(8)9;2*1-2-4(6(9)10)3-5(7)8/h4-5H,3H2,1-2H3,(H,8,9);2*2H,3H2,1H3,(H,7,8)/b;2*4-2+. The average Bonchev–Trinajstić information content (AvgIpc) is 2.61. The number of allylic oxidation sites excluding steroid dienone is 2. The van der Waals surface area contributed by atoms with Crippen LogP contribution in [0.2, 0.25) is 0 Å². The van der Waals surface area contributed by atoms with Gasteiger partial charge in [-0.2, -0.15) is 0 Å². The van der Waals surface area contributed by atoms with E-state index >= 15 is 0 Å². The lowest BCUT2D eigenvalue weighted by Gasteiger charge is -2.09. The van der Waals surface area contributed by atoms with E-state index in [1.165, 1.54) is 26.0 Å². The van der Waals surface area contributed by atoms with Crippen LogP contribution in [0.25, 0.3) is 0 Å². The quantitative estimate of drug-likeness (QED) is 0.319. The molecule has 15 nitrogen and oxygen atoms in total. The lowest BCUT2D eigenvalue weighted by molar-refractivity contribution is -0.529. The molecule has 0 saturated carbocycles. The number of carboxylic acid groups (broad SMARTS) is 3. The van der Waals surface area contributed by atoms with Gasteiger partial charge in [0.1, 0.15) is 19.3 Å². The summed E-state index contributed by atoms with van der Waals surface area (Å²) in [6.07, 6.45) is 0.903. The molecule has 0 heterocycles. The molecule has 3 N–H and O–H groups in total. The average molecular weight is 451 g/mol. The first kappa shape index (κ1) is 31.8. The molecule has 0 radical (unpaired) electrons. The molecule has 31 heavy (non-hydrogen) atoms. The number of nitrogens with zero attached hydrogens (tertiary/aromatic N) is 3. The molecule has 0 bridgehead atoms. The van der Waals surface area contributed by atoms with Crippen molar-refractivity contribution < 1.29 is 44.5 Å². The Kier molecular flexibility index (Phi) is 17.4. The highest BCUT2D eigenvalue weighted by atomic mass is 16.6. The van der Waals surface area contributed by atoms with Crippen molar-refractivity contribution in [3.05, 3.63) is 53.9 Å². The van der Waals surface area contributed by atoms with Crippen LogP contribution >= 0.6 is 0 Å². The molecule has 0 rings (SSSR count). The van der Waals surface area contributed by atoms with E-state index in [2.05, 4.69) is 0 Å². The SMILES string of the molecule is C/C=C(\CC(=O)O)[N+](=O)[O-].C/C=C(\CC(=O)O)[N+](=O)[O-].CC(C)C(CC(=O)O)[N+](=O)[O-]. The Labute approximate surface area is 176 Å².